The molecule has 0 aliphatic rings. The molecule has 0 aliphatic carbocycles. The predicted octanol–water partition coefficient (Wildman–Crippen LogP) is 3.55. The largest absolute Gasteiger partial charge is 0.339 e. The minimum Gasteiger partial charge on any atom is -0.339 e. The van der Waals surface area contributed by atoms with E-state index in [9.17, 15) is 9.59 Å². The van der Waals surface area contributed by atoms with Crippen molar-refractivity contribution in [3.05, 3.63) is 42.0 Å². The molecule has 0 radical (unpaired) electrons. The molecule has 3 heteroatoms. The van der Waals surface area contributed by atoms with Crippen LogP contribution in [0.15, 0.2) is 36.4 Å². The van der Waals surface area contributed by atoms with Crippen molar-refractivity contribution in [1.29, 1.82) is 0 Å². The highest BCUT2D eigenvalue weighted by Gasteiger charge is 2.20. The van der Waals surface area contributed by atoms with Crippen LogP contribution >= 0.6 is 0 Å². The van der Waals surface area contributed by atoms with Crippen LogP contribution in [-0.4, -0.2) is 29.7 Å². The first-order valence-corrected chi connectivity index (χ1v) is 7.54. The third kappa shape index (κ3) is 6.39. The summed E-state index contributed by atoms with van der Waals surface area (Å²) in [5.41, 5.74) is 1.12. The standard InChI is InChI=1S/C18H25NO2/c1-4-12-19(18(21)15(2)14-16(3)20)13-8-11-17-9-6-5-7-10-17/h5-11,15H,4,12-14H2,1-3H3/b11-8+. The normalized spacial score (nSPS) is 12.3. The molecule has 1 unspecified atom stereocenters. The lowest BCUT2D eigenvalue weighted by Crippen LogP contribution is -2.36. The number of ketones is 1. The van der Waals surface area contributed by atoms with Gasteiger partial charge in [-0.05, 0) is 18.9 Å². The molecule has 1 aromatic carbocycles. The molecule has 1 rings (SSSR count). The zero-order chi connectivity index (χ0) is 15.7. The van der Waals surface area contributed by atoms with Gasteiger partial charge >= 0.3 is 0 Å². The highest BCUT2D eigenvalue weighted by Crippen LogP contribution is 2.09. The van der Waals surface area contributed by atoms with E-state index in [0.29, 0.717) is 13.0 Å². The molecule has 0 heterocycles. The van der Waals surface area contributed by atoms with E-state index in [1.54, 1.807) is 0 Å². The Morgan fingerprint density at radius 1 is 1.24 bits per heavy atom. The number of hydrogen-bond donors (Lipinski definition) is 0. The smallest absolute Gasteiger partial charge is 0.226 e. The highest BCUT2D eigenvalue weighted by atomic mass is 16.2. The number of carbonyl (C=O) groups excluding carboxylic acids is 2. The van der Waals surface area contributed by atoms with Crippen LogP contribution in [-0.2, 0) is 9.59 Å². The van der Waals surface area contributed by atoms with Crippen LogP contribution in [0, 0.1) is 5.92 Å². The minimum absolute atomic E-state index is 0.0600. The molecule has 0 bridgehead atoms. The van der Waals surface area contributed by atoms with Gasteiger partial charge in [0.05, 0.1) is 0 Å². The number of nitrogens with zero attached hydrogens (tertiary/aromatic N) is 1. The fourth-order valence-corrected chi connectivity index (χ4v) is 2.27. The summed E-state index contributed by atoms with van der Waals surface area (Å²) in [7, 11) is 0. The summed E-state index contributed by atoms with van der Waals surface area (Å²) < 4.78 is 0. The van der Waals surface area contributed by atoms with Crippen molar-refractivity contribution in [3.8, 4) is 0 Å². The van der Waals surface area contributed by atoms with Gasteiger partial charge < -0.3 is 9.69 Å². The maximum Gasteiger partial charge on any atom is 0.226 e. The number of Topliss-reactive ketones (excluding diaryl/α,β-unsaturated/α-hetero) is 1. The van der Waals surface area contributed by atoms with Crippen LogP contribution in [0.3, 0.4) is 0 Å². The van der Waals surface area contributed by atoms with E-state index >= 15 is 0 Å². The van der Waals surface area contributed by atoms with E-state index in [-0.39, 0.29) is 17.6 Å². The van der Waals surface area contributed by atoms with Crippen LogP contribution in [0.4, 0.5) is 0 Å². The number of hydrogen-bond acceptors (Lipinski definition) is 2. The fourth-order valence-electron chi connectivity index (χ4n) is 2.27. The van der Waals surface area contributed by atoms with Crippen molar-refractivity contribution in [2.45, 2.75) is 33.6 Å². The fraction of sp³-hybridized carbons (Fsp3) is 0.444. The molecule has 0 aliphatic heterocycles. The van der Waals surface area contributed by atoms with E-state index in [1.165, 1.54) is 6.92 Å². The van der Waals surface area contributed by atoms with Crippen LogP contribution in [0.5, 0.6) is 0 Å². The lowest BCUT2D eigenvalue weighted by Gasteiger charge is -2.23. The quantitative estimate of drug-likeness (QED) is 0.733. The van der Waals surface area contributed by atoms with Gasteiger partial charge in [-0.15, -0.1) is 0 Å². The Morgan fingerprint density at radius 2 is 1.90 bits per heavy atom. The van der Waals surface area contributed by atoms with E-state index in [1.807, 2.05) is 54.3 Å². The Kier molecular flexibility index (Phi) is 7.44. The van der Waals surface area contributed by atoms with Gasteiger partial charge in [0.15, 0.2) is 0 Å². The van der Waals surface area contributed by atoms with Gasteiger partial charge in [-0.3, -0.25) is 4.79 Å². The Hall–Kier alpha value is -1.90. The first-order valence-electron chi connectivity index (χ1n) is 7.54. The topological polar surface area (TPSA) is 37.4 Å². The molecule has 0 aromatic heterocycles. The summed E-state index contributed by atoms with van der Waals surface area (Å²) in [6, 6.07) is 10.0. The molecule has 1 aromatic rings. The lowest BCUT2D eigenvalue weighted by molar-refractivity contribution is -0.136. The Labute approximate surface area is 127 Å². The maximum absolute atomic E-state index is 12.4. The summed E-state index contributed by atoms with van der Waals surface area (Å²) in [5, 5.41) is 0. The molecule has 0 fully saturated rings. The third-order valence-electron chi connectivity index (χ3n) is 3.26. The molecular formula is C18H25NO2. The zero-order valence-electron chi connectivity index (χ0n) is 13.2. The second-order valence-corrected chi connectivity index (χ2v) is 5.40. The van der Waals surface area contributed by atoms with E-state index in [2.05, 4.69) is 6.92 Å². The first-order chi connectivity index (χ1) is 10.0. The van der Waals surface area contributed by atoms with Crippen LogP contribution < -0.4 is 0 Å². The van der Waals surface area contributed by atoms with Crippen LogP contribution in [0.2, 0.25) is 0 Å². The first kappa shape index (κ1) is 17.2. The summed E-state index contributed by atoms with van der Waals surface area (Å²) >= 11 is 0. The molecule has 0 spiro atoms. The van der Waals surface area contributed by atoms with Crippen LogP contribution in [0.25, 0.3) is 6.08 Å². The van der Waals surface area contributed by atoms with E-state index in [4.69, 9.17) is 0 Å². The van der Waals surface area contributed by atoms with Crippen molar-refractivity contribution in [1.82, 2.24) is 4.90 Å². The maximum atomic E-state index is 12.4. The van der Waals surface area contributed by atoms with Gasteiger partial charge in [-0.1, -0.05) is 56.3 Å². The molecule has 0 N–H and O–H groups in total. The molecule has 21 heavy (non-hydrogen) atoms. The molecule has 1 atom stereocenters. The summed E-state index contributed by atoms with van der Waals surface area (Å²) in [6.45, 7) is 6.72. The molecule has 0 saturated heterocycles. The van der Waals surface area contributed by atoms with Gasteiger partial charge in [0.2, 0.25) is 5.91 Å². The molecule has 114 valence electrons. The highest BCUT2D eigenvalue weighted by molar-refractivity contribution is 5.85. The molecule has 1 amide bonds. The summed E-state index contributed by atoms with van der Waals surface area (Å²) in [6.07, 6.45) is 5.26. The van der Waals surface area contributed by atoms with Gasteiger partial charge in [0.25, 0.3) is 0 Å². The number of amides is 1. The lowest BCUT2D eigenvalue weighted by atomic mass is 10.0. The Balaban J connectivity index is 2.62. The van der Waals surface area contributed by atoms with Gasteiger partial charge in [-0.2, -0.15) is 0 Å². The van der Waals surface area contributed by atoms with Gasteiger partial charge in [-0.25, -0.2) is 0 Å². The van der Waals surface area contributed by atoms with Crippen molar-refractivity contribution in [2.75, 3.05) is 13.1 Å². The van der Waals surface area contributed by atoms with Crippen LogP contribution in [0.1, 0.15) is 39.2 Å². The Morgan fingerprint density at radius 3 is 2.48 bits per heavy atom. The third-order valence-corrected chi connectivity index (χ3v) is 3.26. The van der Waals surface area contributed by atoms with Gasteiger partial charge in [0.1, 0.15) is 5.78 Å². The minimum atomic E-state index is -0.237. The molecule has 0 saturated carbocycles. The Bertz CT molecular complexity index is 479. The second-order valence-electron chi connectivity index (χ2n) is 5.40. The second kappa shape index (κ2) is 9.11. The van der Waals surface area contributed by atoms with Crippen molar-refractivity contribution >= 4 is 17.8 Å². The molecule has 3 nitrogen and oxygen atoms in total. The van der Waals surface area contributed by atoms with E-state index in [0.717, 1.165) is 18.5 Å². The van der Waals surface area contributed by atoms with Crippen molar-refractivity contribution in [3.63, 3.8) is 0 Å². The average molecular weight is 287 g/mol. The summed E-state index contributed by atoms with van der Waals surface area (Å²) in [5.74, 6) is -0.115. The van der Waals surface area contributed by atoms with E-state index < -0.39 is 0 Å². The van der Waals surface area contributed by atoms with Gasteiger partial charge in [0, 0.05) is 25.4 Å². The number of rotatable bonds is 8. The van der Waals surface area contributed by atoms with Crippen molar-refractivity contribution < 1.29 is 9.59 Å². The molecular weight excluding hydrogens is 262 g/mol. The predicted molar refractivity (Wildman–Crippen MR) is 86.8 cm³/mol. The number of carbonyl (C=O) groups is 2. The summed E-state index contributed by atoms with van der Waals surface area (Å²) in [4.78, 5) is 25.3. The number of benzene rings is 1. The zero-order valence-corrected chi connectivity index (χ0v) is 13.2. The monoisotopic (exact) mass is 287 g/mol. The average Bonchev–Trinajstić information content (AvgIpc) is 2.46. The SMILES string of the molecule is CCCN(C/C=C/c1ccccc1)C(=O)C(C)CC(C)=O. The van der Waals surface area contributed by atoms with Crippen molar-refractivity contribution in [2.24, 2.45) is 5.92 Å².